The maximum Gasteiger partial charge on any atom is 0.269 e. The Kier molecular flexibility index (Phi) is 8.22. The summed E-state index contributed by atoms with van der Waals surface area (Å²) in [6.45, 7) is 3.26. The van der Waals surface area contributed by atoms with Crippen LogP contribution in [0.15, 0.2) is 58.7 Å². The first-order valence-corrected chi connectivity index (χ1v) is 9.33. The molecule has 0 saturated carbocycles. The zero-order valence-corrected chi connectivity index (χ0v) is 17.3. The predicted octanol–water partition coefficient (Wildman–Crippen LogP) is 2.66. The predicted molar refractivity (Wildman–Crippen MR) is 116 cm³/mol. The smallest absolute Gasteiger partial charge is 0.269 e. The molecule has 32 heavy (non-hydrogen) atoms. The minimum atomic E-state index is -0.513. The molecule has 0 aliphatic carbocycles. The average Bonchev–Trinajstić information content (AvgIpc) is 2.79. The van der Waals surface area contributed by atoms with E-state index in [1.54, 1.807) is 13.8 Å². The molecule has 2 aromatic rings. The van der Waals surface area contributed by atoms with Crippen LogP contribution in [0.2, 0.25) is 0 Å². The van der Waals surface area contributed by atoms with Gasteiger partial charge in [0.1, 0.15) is 0 Å². The van der Waals surface area contributed by atoms with Gasteiger partial charge in [0, 0.05) is 37.1 Å². The number of nitro groups is 2. The summed E-state index contributed by atoms with van der Waals surface area (Å²) < 4.78 is 0. The molecule has 0 atom stereocenters. The second-order valence-electron chi connectivity index (χ2n) is 6.57. The van der Waals surface area contributed by atoms with E-state index in [0.29, 0.717) is 22.6 Å². The Hall–Kier alpha value is -4.48. The van der Waals surface area contributed by atoms with Crippen molar-refractivity contribution in [3.8, 4) is 0 Å². The summed E-state index contributed by atoms with van der Waals surface area (Å²) in [5.41, 5.74) is 6.63. The molecule has 0 heterocycles. The third-order valence-corrected chi connectivity index (χ3v) is 4.27. The molecular formula is C20H20N6O6. The van der Waals surface area contributed by atoms with Crippen molar-refractivity contribution >= 4 is 34.6 Å². The van der Waals surface area contributed by atoms with Crippen LogP contribution in [0.5, 0.6) is 0 Å². The molecule has 2 amide bonds. The normalized spacial score (nSPS) is 11.6. The number of nitrogens with zero attached hydrogens (tertiary/aromatic N) is 4. The van der Waals surface area contributed by atoms with Crippen molar-refractivity contribution in [2.45, 2.75) is 26.7 Å². The molecule has 0 unspecified atom stereocenters. The molecule has 0 fully saturated rings. The lowest BCUT2D eigenvalue weighted by molar-refractivity contribution is -0.385. The van der Waals surface area contributed by atoms with Crippen LogP contribution in [0.25, 0.3) is 0 Å². The Morgan fingerprint density at radius 2 is 1.03 bits per heavy atom. The fraction of sp³-hybridized carbons (Fsp3) is 0.200. The lowest BCUT2D eigenvalue weighted by atomic mass is 10.1. The van der Waals surface area contributed by atoms with E-state index in [1.807, 2.05) is 0 Å². The van der Waals surface area contributed by atoms with Gasteiger partial charge in [-0.2, -0.15) is 10.2 Å². The van der Waals surface area contributed by atoms with E-state index in [4.69, 9.17) is 0 Å². The van der Waals surface area contributed by atoms with Gasteiger partial charge in [-0.1, -0.05) is 0 Å². The average molecular weight is 440 g/mol. The summed E-state index contributed by atoms with van der Waals surface area (Å²) in [6.07, 6.45) is -0.260. The van der Waals surface area contributed by atoms with Crippen LogP contribution < -0.4 is 10.9 Å². The topological polar surface area (TPSA) is 169 Å². The Bertz CT molecular complexity index is 989. The van der Waals surface area contributed by atoms with Crippen molar-refractivity contribution in [1.29, 1.82) is 0 Å². The zero-order chi connectivity index (χ0) is 23.7. The molecule has 0 bridgehead atoms. The number of hydrogen-bond acceptors (Lipinski definition) is 8. The Balaban J connectivity index is 1.81. The van der Waals surface area contributed by atoms with E-state index < -0.39 is 21.7 Å². The largest absolute Gasteiger partial charge is 0.273 e. The van der Waals surface area contributed by atoms with Crippen molar-refractivity contribution in [2.75, 3.05) is 0 Å². The zero-order valence-electron chi connectivity index (χ0n) is 17.3. The third kappa shape index (κ3) is 7.09. The number of benzene rings is 2. The summed E-state index contributed by atoms with van der Waals surface area (Å²) in [5, 5.41) is 29.2. The lowest BCUT2D eigenvalue weighted by Crippen LogP contribution is -2.24. The van der Waals surface area contributed by atoms with Gasteiger partial charge < -0.3 is 0 Å². The summed E-state index contributed by atoms with van der Waals surface area (Å²) in [5.74, 6) is -0.977. The van der Waals surface area contributed by atoms with Gasteiger partial charge in [-0.25, -0.2) is 10.9 Å². The number of hydrazone groups is 2. The molecule has 12 nitrogen and oxygen atoms in total. The standard InChI is InChI=1S/C20H20N6O6/c1-13(15-3-7-17(8-4-15)25(29)30)21-23-19(27)11-12-20(28)24-22-14(2)16-5-9-18(10-6-16)26(31)32/h3-10H,11-12H2,1-2H3,(H,23,27)(H,24,28)/b21-13+,22-14+. The Morgan fingerprint density at radius 3 is 1.31 bits per heavy atom. The van der Waals surface area contributed by atoms with Gasteiger partial charge in [0.05, 0.1) is 21.3 Å². The highest BCUT2D eigenvalue weighted by atomic mass is 16.6. The minimum absolute atomic E-state index is 0.0527. The number of rotatable bonds is 9. The molecule has 12 heteroatoms. The fourth-order valence-corrected chi connectivity index (χ4v) is 2.41. The minimum Gasteiger partial charge on any atom is -0.273 e. The molecular weight excluding hydrogens is 420 g/mol. The fourth-order valence-electron chi connectivity index (χ4n) is 2.41. The van der Waals surface area contributed by atoms with Crippen molar-refractivity contribution in [3.63, 3.8) is 0 Å². The second-order valence-corrected chi connectivity index (χ2v) is 6.57. The van der Waals surface area contributed by atoms with E-state index in [2.05, 4.69) is 21.1 Å². The molecule has 2 N–H and O–H groups in total. The molecule has 0 aromatic heterocycles. The first-order chi connectivity index (χ1) is 15.2. The van der Waals surface area contributed by atoms with Crippen LogP contribution in [0.4, 0.5) is 11.4 Å². The molecule has 0 aliphatic rings. The highest BCUT2D eigenvalue weighted by Gasteiger charge is 2.09. The Morgan fingerprint density at radius 1 is 0.719 bits per heavy atom. The number of amides is 2. The maximum atomic E-state index is 11.9. The van der Waals surface area contributed by atoms with Crippen LogP contribution >= 0.6 is 0 Å². The number of carbonyl (C=O) groups is 2. The molecule has 0 saturated heterocycles. The van der Waals surface area contributed by atoms with Gasteiger partial charge in [-0.3, -0.25) is 29.8 Å². The second kappa shape index (κ2) is 11.1. The SMILES string of the molecule is C/C(=N\NC(=O)CCC(=O)N/N=C(\C)c1ccc([N+](=O)[O-])cc1)c1ccc([N+](=O)[O-])cc1. The molecule has 0 radical (unpaired) electrons. The lowest BCUT2D eigenvalue weighted by Gasteiger charge is -2.04. The molecule has 2 rings (SSSR count). The van der Waals surface area contributed by atoms with Crippen LogP contribution in [-0.2, 0) is 9.59 Å². The number of nitro benzene ring substituents is 2. The van der Waals surface area contributed by atoms with E-state index in [9.17, 15) is 29.8 Å². The van der Waals surface area contributed by atoms with Crippen molar-refractivity contribution in [1.82, 2.24) is 10.9 Å². The molecule has 166 valence electrons. The monoisotopic (exact) mass is 440 g/mol. The maximum absolute atomic E-state index is 11.9. The van der Waals surface area contributed by atoms with Gasteiger partial charge in [0.2, 0.25) is 11.8 Å². The van der Waals surface area contributed by atoms with Gasteiger partial charge >= 0.3 is 0 Å². The van der Waals surface area contributed by atoms with Gasteiger partial charge in [-0.05, 0) is 49.2 Å². The Labute approximate surface area is 182 Å². The van der Waals surface area contributed by atoms with Crippen molar-refractivity contribution < 1.29 is 19.4 Å². The van der Waals surface area contributed by atoms with Gasteiger partial charge in [-0.15, -0.1) is 0 Å². The van der Waals surface area contributed by atoms with Gasteiger partial charge in [0.15, 0.2) is 0 Å². The van der Waals surface area contributed by atoms with E-state index >= 15 is 0 Å². The quantitative estimate of drug-likeness (QED) is 0.345. The summed E-state index contributed by atoms with van der Waals surface area (Å²) in [7, 11) is 0. The highest BCUT2D eigenvalue weighted by molar-refractivity contribution is 6.00. The van der Waals surface area contributed by atoms with E-state index in [1.165, 1.54) is 48.5 Å². The van der Waals surface area contributed by atoms with Crippen molar-refractivity contribution in [2.24, 2.45) is 10.2 Å². The van der Waals surface area contributed by atoms with E-state index in [0.717, 1.165) is 0 Å². The number of hydrogen-bond donors (Lipinski definition) is 2. The van der Waals surface area contributed by atoms with Crippen LogP contribution in [0.1, 0.15) is 37.8 Å². The highest BCUT2D eigenvalue weighted by Crippen LogP contribution is 2.13. The van der Waals surface area contributed by atoms with E-state index in [-0.39, 0.29) is 24.2 Å². The number of nitrogens with one attached hydrogen (secondary N) is 2. The molecule has 0 aliphatic heterocycles. The van der Waals surface area contributed by atoms with Gasteiger partial charge in [0.25, 0.3) is 11.4 Å². The van der Waals surface area contributed by atoms with Crippen LogP contribution in [-0.4, -0.2) is 33.1 Å². The number of non-ortho nitro benzene ring substituents is 2. The van der Waals surface area contributed by atoms with Crippen molar-refractivity contribution in [3.05, 3.63) is 79.9 Å². The molecule has 0 spiro atoms. The summed E-state index contributed by atoms with van der Waals surface area (Å²) in [4.78, 5) is 44.1. The first-order valence-electron chi connectivity index (χ1n) is 9.33. The number of carbonyl (C=O) groups excluding carboxylic acids is 2. The third-order valence-electron chi connectivity index (χ3n) is 4.27. The first kappa shape index (κ1) is 23.8. The summed E-state index contributed by atoms with van der Waals surface area (Å²) >= 11 is 0. The summed E-state index contributed by atoms with van der Waals surface area (Å²) in [6, 6.07) is 11.4. The van der Waals surface area contributed by atoms with Crippen LogP contribution in [0.3, 0.4) is 0 Å². The van der Waals surface area contributed by atoms with Crippen LogP contribution in [0, 0.1) is 20.2 Å². The molecule has 2 aromatic carbocycles.